The summed E-state index contributed by atoms with van der Waals surface area (Å²) >= 11 is 0. The number of ether oxygens (including phenoxy) is 2. The maximum atomic E-state index is 12.4. The molecule has 0 unspecified atom stereocenters. The molecule has 3 N–H and O–H groups in total. The van der Waals surface area contributed by atoms with Gasteiger partial charge in [-0.15, -0.1) is 0 Å². The SMILES string of the molecule is CCNC(=NCc1cccc(C(=O)NCCN(C)C)c1)Nc1ccc2c(c1)OCCCO2. The molecule has 0 spiro atoms. The minimum atomic E-state index is -0.0742. The van der Waals surface area contributed by atoms with Crippen molar-refractivity contribution in [3.63, 3.8) is 0 Å². The molecule has 0 aromatic heterocycles. The van der Waals surface area contributed by atoms with Crippen molar-refractivity contribution in [1.29, 1.82) is 0 Å². The Morgan fingerprint density at radius 3 is 2.66 bits per heavy atom. The summed E-state index contributed by atoms with van der Waals surface area (Å²) < 4.78 is 11.5. The van der Waals surface area contributed by atoms with Crippen LogP contribution in [0, 0.1) is 0 Å². The van der Waals surface area contributed by atoms with E-state index in [1.807, 2.05) is 68.4 Å². The summed E-state index contributed by atoms with van der Waals surface area (Å²) in [4.78, 5) is 19.1. The molecular weight excluding hydrogens is 406 g/mol. The molecule has 3 rings (SSSR count). The molecule has 0 aliphatic carbocycles. The van der Waals surface area contributed by atoms with Gasteiger partial charge in [-0.2, -0.15) is 0 Å². The van der Waals surface area contributed by atoms with Gasteiger partial charge in [-0.05, 0) is 50.8 Å². The van der Waals surface area contributed by atoms with E-state index in [1.165, 1.54) is 0 Å². The van der Waals surface area contributed by atoms with Gasteiger partial charge in [0.05, 0.1) is 19.8 Å². The summed E-state index contributed by atoms with van der Waals surface area (Å²) in [7, 11) is 3.96. The van der Waals surface area contributed by atoms with E-state index >= 15 is 0 Å². The number of anilines is 1. The maximum Gasteiger partial charge on any atom is 0.251 e. The number of guanidine groups is 1. The zero-order chi connectivity index (χ0) is 22.8. The van der Waals surface area contributed by atoms with E-state index in [4.69, 9.17) is 9.47 Å². The number of carbonyl (C=O) groups is 1. The molecule has 2 aromatic rings. The van der Waals surface area contributed by atoms with Crippen LogP contribution in [0.1, 0.15) is 29.3 Å². The molecule has 1 heterocycles. The first-order valence-corrected chi connectivity index (χ1v) is 11.0. The number of amides is 1. The van der Waals surface area contributed by atoms with Gasteiger partial charge in [-0.3, -0.25) is 4.79 Å². The first-order chi connectivity index (χ1) is 15.5. The van der Waals surface area contributed by atoms with Gasteiger partial charge in [0.2, 0.25) is 0 Å². The second kappa shape index (κ2) is 12.0. The minimum absolute atomic E-state index is 0.0742. The Bertz CT molecular complexity index is 930. The van der Waals surface area contributed by atoms with Crippen LogP contribution in [-0.2, 0) is 6.54 Å². The molecule has 8 heteroatoms. The maximum absolute atomic E-state index is 12.4. The van der Waals surface area contributed by atoms with Gasteiger partial charge in [0.1, 0.15) is 0 Å². The van der Waals surface area contributed by atoms with E-state index in [-0.39, 0.29) is 5.91 Å². The smallest absolute Gasteiger partial charge is 0.251 e. The van der Waals surface area contributed by atoms with Gasteiger partial charge in [0.25, 0.3) is 5.91 Å². The van der Waals surface area contributed by atoms with Crippen molar-refractivity contribution in [3.8, 4) is 11.5 Å². The van der Waals surface area contributed by atoms with E-state index < -0.39 is 0 Å². The van der Waals surface area contributed by atoms with E-state index in [0.717, 1.165) is 42.3 Å². The quantitative estimate of drug-likeness (QED) is 0.433. The highest BCUT2D eigenvalue weighted by Gasteiger charge is 2.11. The molecule has 1 aliphatic rings. The van der Waals surface area contributed by atoms with Crippen LogP contribution in [0.2, 0.25) is 0 Å². The highest BCUT2D eigenvalue weighted by Crippen LogP contribution is 2.32. The van der Waals surface area contributed by atoms with Crippen LogP contribution in [0.25, 0.3) is 0 Å². The van der Waals surface area contributed by atoms with Crippen LogP contribution in [0.3, 0.4) is 0 Å². The van der Waals surface area contributed by atoms with Crippen LogP contribution >= 0.6 is 0 Å². The first kappa shape index (κ1) is 23.4. The highest BCUT2D eigenvalue weighted by molar-refractivity contribution is 5.95. The monoisotopic (exact) mass is 439 g/mol. The third kappa shape index (κ3) is 7.16. The Labute approximate surface area is 190 Å². The van der Waals surface area contributed by atoms with Gasteiger partial charge in [0, 0.05) is 43.4 Å². The van der Waals surface area contributed by atoms with E-state index in [0.29, 0.717) is 37.8 Å². The third-order valence-electron chi connectivity index (χ3n) is 4.81. The fraction of sp³-hybridized carbons (Fsp3) is 0.417. The lowest BCUT2D eigenvalue weighted by atomic mass is 10.1. The van der Waals surface area contributed by atoms with Crippen LogP contribution in [-0.4, -0.2) is 63.7 Å². The lowest BCUT2D eigenvalue weighted by Crippen LogP contribution is -2.31. The number of benzene rings is 2. The molecule has 2 aromatic carbocycles. The Hall–Kier alpha value is -3.26. The van der Waals surface area contributed by atoms with Crippen molar-refractivity contribution >= 4 is 17.6 Å². The molecule has 0 saturated heterocycles. The van der Waals surface area contributed by atoms with Crippen LogP contribution < -0.4 is 25.4 Å². The number of aliphatic imine (C=N–C) groups is 1. The molecule has 172 valence electrons. The molecule has 0 saturated carbocycles. The summed E-state index contributed by atoms with van der Waals surface area (Å²) in [5, 5.41) is 9.51. The molecule has 0 radical (unpaired) electrons. The second-order valence-corrected chi connectivity index (χ2v) is 7.79. The number of hydrogen-bond acceptors (Lipinski definition) is 5. The number of carbonyl (C=O) groups excluding carboxylic acids is 1. The Morgan fingerprint density at radius 1 is 1.06 bits per heavy atom. The fourth-order valence-electron chi connectivity index (χ4n) is 3.16. The first-order valence-electron chi connectivity index (χ1n) is 11.0. The fourth-order valence-corrected chi connectivity index (χ4v) is 3.16. The lowest BCUT2D eigenvalue weighted by molar-refractivity contribution is 0.0951. The Morgan fingerprint density at radius 2 is 1.88 bits per heavy atom. The van der Waals surface area contributed by atoms with Crippen molar-refractivity contribution < 1.29 is 14.3 Å². The Kier molecular flexibility index (Phi) is 8.74. The molecular formula is C24H33N5O3. The normalized spacial score (nSPS) is 13.4. The van der Waals surface area contributed by atoms with Crippen molar-refractivity contribution in [2.75, 3.05) is 52.3 Å². The number of rotatable bonds is 8. The zero-order valence-electron chi connectivity index (χ0n) is 19.1. The average molecular weight is 440 g/mol. The number of nitrogens with zero attached hydrogens (tertiary/aromatic N) is 2. The molecule has 0 fully saturated rings. The van der Waals surface area contributed by atoms with Gasteiger partial charge < -0.3 is 30.3 Å². The minimum Gasteiger partial charge on any atom is -0.490 e. The lowest BCUT2D eigenvalue weighted by Gasteiger charge is -2.14. The number of nitrogens with one attached hydrogen (secondary N) is 3. The van der Waals surface area contributed by atoms with E-state index in [1.54, 1.807) is 0 Å². The largest absolute Gasteiger partial charge is 0.490 e. The predicted molar refractivity (Wildman–Crippen MR) is 128 cm³/mol. The third-order valence-corrected chi connectivity index (χ3v) is 4.81. The second-order valence-electron chi connectivity index (χ2n) is 7.79. The van der Waals surface area contributed by atoms with Crippen molar-refractivity contribution in [3.05, 3.63) is 53.6 Å². The molecule has 1 aliphatic heterocycles. The predicted octanol–water partition coefficient (Wildman–Crippen LogP) is 2.72. The number of hydrogen-bond donors (Lipinski definition) is 3. The zero-order valence-corrected chi connectivity index (χ0v) is 19.1. The molecule has 8 nitrogen and oxygen atoms in total. The topological polar surface area (TPSA) is 87.2 Å². The van der Waals surface area contributed by atoms with Crippen LogP contribution in [0.5, 0.6) is 11.5 Å². The highest BCUT2D eigenvalue weighted by atomic mass is 16.5. The average Bonchev–Trinajstić information content (AvgIpc) is 3.02. The Balaban J connectivity index is 1.65. The van der Waals surface area contributed by atoms with Gasteiger partial charge in [0.15, 0.2) is 17.5 Å². The van der Waals surface area contributed by atoms with E-state index in [9.17, 15) is 4.79 Å². The number of likely N-dealkylation sites (N-methyl/N-ethyl adjacent to an activating group) is 1. The van der Waals surface area contributed by atoms with Crippen LogP contribution in [0.4, 0.5) is 5.69 Å². The standard InChI is InChI=1S/C24H33N5O3/c1-4-25-24(28-20-9-10-21-22(16-20)32-14-6-13-31-21)27-17-18-7-5-8-19(15-18)23(30)26-11-12-29(2)3/h5,7-10,15-16H,4,6,11-14,17H2,1-3H3,(H,26,30)(H2,25,27,28). The molecule has 32 heavy (non-hydrogen) atoms. The summed E-state index contributed by atoms with van der Waals surface area (Å²) in [5.74, 6) is 2.07. The summed E-state index contributed by atoms with van der Waals surface area (Å²) in [5.41, 5.74) is 2.46. The van der Waals surface area contributed by atoms with Gasteiger partial charge in [-0.25, -0.2) is 4.99 Å². The van der Waals surface area contributed by atoms with Crippen molar-refractivity contribution in [2.24, 2.45) is 4.99 Å². The summed E-state index contributed by atoms with van der Waals surface area (Å²) in [6.45, 7) is 5.90. The van der Waals surface area contributed by atoms with E-state index in [2.05, 4.69) is 20.9 Å². The molecule has 0 bridgehead atoms. The molecule has 0 atom stereocenters. The number of fused-ring (bicyclic) bond motifs is 1. The van der Waals surface area contributed by atoms with Crippen molar-refractivity contribution in [2.45, 2.75) is 19.9 Å². The summed E-state index contributed by atoms with van der Waals surface area (Å²) in [6.07, 6.45) is 0.869. The van der Waals surface area contributed by atoms with Gasteiger partial charge >= 0.3 is 0 Å². The van der Waals surface area contributed by atoms with Crippen LogP contribution in [0.15, 0.2) is 47.5 Å². The van der Waals surface area contributed by atoms with Gasteiger partial charge in [-0.1, -0.05) is 12.1 Å². The van der Waals surface area contributed by atoms with Crippen molar-refractivity contribution in [1.82, 2.24) is 15.5 Å². The molecule has 1 amide bonds. The summed E-state index contributed by atoms with van der Waals surface area (Å²) in [6, 6.07) is 13.3.